The summed E-state index contributed by atoms with van der Waals surface area (Å²) in [5, 5.41) is 19.3. The lowest BCUT2D eigenvalue weighted by Gasteiger charge is -2.26. The van der Waals surface area contributed by atoms with Gasteiger partial charge in [0.25, 0.3) is 0 Å². The topological polar surface area (TPSA) is 69.7 Å². The molecule has 0 atom stereocenters. The van der Waals surface area contributed by atoms with E-state index in [0.717, 1.165) is 22.1 Å². The predicted octanol–water partition coefficient (Wildman–Crippen LogP) is 2.62. The average molecular weight is 365 g/mol. The summed E-state index contributed by atoms with van der Waals surface area (Å²) in [6.07, 6.45) is 0. The largest absolute Gasteiger partial charge is 0.399 e. The number of hydrogen-bond donors (Lipinski definition) is 3. The first-order valence-electron chi connectivity index (χ1n) is 7.21. The molecule has 2 rings (SSSR count). The standard InChI is InChI=1S/C17H21BrN2O2/c18-12-13-1-3-14(4-2-13)16-11-15(19)5-6-17(16)20(7-9-21)8-10-22/h1-6,11,21-22H,7-10,12,19H2. The molecule has 4 N–H and O–H groups in total. The Labute approximate surface area is 139 Å². The molecule has 0 heterocycles. The Morgan fingerprint density at radius 2 is 1.59 bits per heavy atom. The van der Waals surface area contributed by atoms with E-state index < -0.39 is 0 Å². The summed E-state index contributed by atoms with van der Waals surface area (Å²) in [7, 11) is 0. The molecule has 2 aromatic rings. The summed E-state index contributed by atoms with van der Waals surface area (Å²) in [6, 6.07) is 14.0. The van der Waals surface area contributed by atoms with Crippen LogP contribution in [0.15, 0.2) is 42.5 Å². The van der Waals surface area contributed by atoms with E-state index in [4.69, 9.17) is 5.73 Å². The van der Waals surface area contributed by atoms with Crippen LogP contribution in [0.25, 0.3) is 11.1 Å². The fourth-order valence-corrected chi connectivity index (χ4v) is 2.80. The molecule has 0 aliphatic heterocycles. The number of anilines is 2. The number of rotatable bonds is 7. The van der Waals surface area contributed by atoms with Gasteiger partial charge in [0.2, 0.25) is 0 Å². The quantitative estimate of drug-likeness (QED) is 0.521. The second-order valence-electron chi connectivity index (χ2n) is 5.04. The molecule has 0 amide bonds. The highest BCUT2D eigenvalue weighted by molar-refractivity contribution is 9.08. The number of aliphatic hydroxyl groups excluding tert-OH is 2. The molecule has 0 aromatic heterocycles. The Morgan fingerprint density at radius 3 is 2.14 bits per heavy atom. The van der Waals surface area contributed by atoms with Crippen LogP contribution in [0.4, 0.5) is 11.4 Å². The van der Waals surface area contributed by atoms with Gasteiger partial charge in [-0.1, -0.05) is 40.2 Å². The second-order valence-corrected chi connectivity index (χ2v) is 5.60. The van der Waals surface area contributed by atoms with Crippen molar-refractivity contribution in [2.45, 2.75) is 5.33 Å². The summed E-state index contributed by atoms with van der Waals surface area (Å²) in [5.41, 5.74) is 10.9. The summed E-state index contributed by atoms with van der Waals surface area (Å²) >= 11 is 3.44. The van der Waals surface area contributed by atoms with E-state index in [2.05, 4.69) is 40.2 Å². The number of hydrogen-bond acceptors (Lipinski definition) is 4. The molecular formula is C17H21BrN2O2. The lowest BCUT2D eigenvalue weighted by Crippen LogP contribution is -2.30. The third-order valence-electron chi connectivity index (χ3n) is 3.52. The Bertz CT molecular complexity index is 596. The molecule has 0 radical (unpaired) electrons. The van der Waals surface area contributed by atoms with Crippen molar-refractivity contribution >= 4 is 27.3 Å². The van der Waals surface area contributed by atoms with E-state index in [9.17, 15) is 10.2 Å². The number of alkyl halides is 1. The maximum atomic E-state index is 9.26. The van der Waals surface area contributed by atoms with Crippen LogP contribution in [-0.4, -0.2) is 36.5 Å². The normalized spacial score (nSPS) is 10.7. The van der Waals surface area contributed by atoms with Crippen molar-refractivity contribution in [1.82, 2.24) is 0 Å². The minimum Gasteiger partial charge on any atom is -0.399 e. The fraction of sp³-hybridized carbons (Fsp3) is 0.294. The highest BCUT2D eigenvalue weighted by atomic mass is 79.9. The SMILES string of the molecule is Nc1ccc(N(CCO)CCO)c(-c2ccc(CBr)cc2)c1. The molecule has 0 saturated carbocycles. The van der Waals surface area contributed by atoms with Crippen molar-refractivity contribution in [3.63, 3.8) is 0 Å². The Morgan fingerprint density at radius 1 is 0.955 bits per heavy atom. The summed E-state index contributed by atoms with van der Waals surface area (Å²) in [6.45, 7) is 1.01. The molecule has 0 fully saturated rings. The maximum Gasteiger partial charge on any atom is 0.0606 e. The molecule has 0 spiro atoms. The summed E-state index contributed by atoms with van der Waals surface area (Å²) in [4.78, 5) is 1.97. The Hall–Kier alpha value is -1.56. The number of nitrogens with two attached hydrogens (primary N) is 1. The van der Waals surface area contributed by atoms with Crippen LogP contribution in [0.3, 0.4) is 0 Å². The maximum absolute atomic E-state index is 9.26. The van der Waals surface area contributed by atoms with Crippen LogP contribution in [0.5, 0.6) is 0 Å². The molecule has 0 bridgehead atoms. The van der Waals surface area contributed by atoms with Gasteiger partial charge in [-0.15, -0.1) is 0 Å². The number of nitrogens with zero attached hydrogens (tertiary/aromatic N) is 1. The number of aliphatic hydroxyl groups is 2. The predicted molar refractivity (Wildman–Crippen MR) is 95.3 cm³/mol. The first kappa shape index (κ1) is 16.8. The van der Waals surface area contributed by atoms with Gasteiger partial charge in [-0.25, -0.2) is 0 Å². The average Bonchev–Trinajstić information content (AvgIpc) is 2.55. The molecule has 0 saturated heterocycles. The van der Waals surface area contributed by atoms with Crippen molar-refractivity contribution < 1.29 is 10.2 Å². The molecule has 4 nitrogen and oxygen atoms in total. The molecule has 0 unspecified atom stereocenters. The van der Waals surface area contributed by atoms with E-state index >= 15 is 0 Å². The minimum atomic E-state index is 0.0341. The van der Waals surface area contributed by atoms with Crippen LogP contribution in [0.1, 0.15) is 5.56 Å². The highest BCUT2D eigenvalue weighted by Crippen LogP contribution is 2.33. The summed E-state index contributed by atoms with van der Waals surface area (Å²) < 4.78 is 0. The summed E-state index contributed by atoms with van der Waals surface area (Å²) in [5.74, 6) is 0. The fourth-order valence-electron chi connectivity index (χ4n) is 2.43. The lowest BCUT2D eigenvalue weighted by atomic mass is 10.0. The zero-order valence-electron chi connectivity index (χ0n) is 12.4. The van der Waals surface area contributed by atoms with Crippen molar-refractivity contribution in [1.29, 1.82) is 0 Å². The first-order valence-corrected chi connectivity index (χ1v) is 8.33. The highest BCUT2D eigenvalue weighted by Gasteiger charge is 2.12. The number of nitrogen functional groups attached to an aromatic ring is 1. The van der Waals surface area contributed by atoms with Gasteiger partial charge in [0, 0.05) is 35.4 Å². The van der Waals surface area contributed by atoms with Crippen LogP contribution < -0.4 is 10.6 Å². The molecule has 118 valence electrons. The van der Waals surface area contributed by atoms with Crippen LogP contribution in [0.2, 0.25) is 0 Å². The Balaban J connectivity index is 2.45. The van der Waals surface area contributed by atoms with E-state index in [1.54, 1.807) is 0 Å². The minimum absolute atomic E-state index is 0.0341. The zero-order valence-corrected chi connectivity index (χ0v) is 14.0. The van der Waals surface area contributed by atoms with E-state index in [1.165, 1.54) is 5.56 Å². The molecule has 0 aliphatic carbocycles. The van der Waals surface area contributed by atoms with Crippen molar-refractivity contribution in [2.75, 3.05) is 36.9 Å². The van der Waals surface area contributed by atoms with Gasteiger partial charge < -0.3 is 20.8 Å². The molecular weight excluding hydrogens is 344 g/mol. The lowest BCUT2D eigenvalue weighted by molar-refractivity contribution is 0.281. The Kier molecular flexibility index (Phi) is 6.24. The van der Waals surface area contributed by atoms with Crippen molar-refractivity contribution in [2.24, 2.45) is 0 Å². The smallest absolute Gasteiger partial charge is 0.0606 e. The van der Waals surface area contributed by atoms with E-state index in [0.29, 0.717) is 18.8 Å². The zero-order chi connectivity index (χ0) is 15.9. The molecule has 2 aromatic carbocycles. The third-order valence-corrected chi connectivity index (χ3v) is 4.17. The van der Waals surface area contributed by atoms with E-state index in [1.807, 2.05) is 23.1 Å². The van der Waals surface area contributed by atoms with Gasteiger partial charge in [-0.3, -0.25) is 0 Å². The van der Waals surface area contributed by atoms with Gasteiger partial charge in [0.05, 0.1) is 13.2 Å². The number of halogens is 1. The van der Waals surface area contributed by atoms with Gasteiger partial charge in [-0.05, 0) is 29.3 Å². The van der Waals surface area contributed by atoms with Crippen LogP contribution in [-0.2, 0) is 5.33 Å². The molecule has 0 aliphatic rings. The number of benzene rings is 2. The van der Waals surface area contributed by atoms with Crippen LogP contribution in [0, 0.1) is 0 Å². The molecule has 22 heavy (non-hydrogen) atoms. The van der Waals surface area contributed by atoms with Gasteiger partial charge in [0.1, 0.15) is 0 Å². The second kappa shape index (κ2) is 8.17. The van der Waals surface area contributed by atoms with Gasteiger partial charge >= 0.3 is 0 Å². The monoisotopic (exact) mass is 364 g/mol. The first-order chi connectivity index (χ1) is 10.7. The van der Waals surface area contributed by atoms with Crippen molar-refractivity contribution in [3.05, 3.63) is 48.0 Å². The van der Waals surface area contributed by atoms with Gasteiger partial charge in [-0.2, -0.15) is 0 Å². The van der Waals surface area contributed by atoms with Gasteiger partial charge in [0.15, 0.2) is 0 Å². The van der Waals surface area contributed by atoms with E-state index in [-0.39, 0.29) is 13.2 Å². The van der Waals surface area contributed by atoms with Crippen LogP contribution >= 0.6 is 15.9 Å². The molecule has 5 heteroatoms. The van der Waals surface area contributed by atoms with Crippen molar-refractivity contribution in [3.8, 4) is 11.1 Å². The third kappa shape index (κ3) is 4.00.